The number of methoxy groups -OCH3 is 1. The summed E-state index contributed by atoms with van der Waals surface area (Å²) in [6, 6.07) is 4.66. The Balaban J connectivity index is 1.88. The average molecular weight is 284 g/mol. The summed E-state index contributed by atoms with van der Waals surface area (Å²) in [5.74, 6) is 0.439. The molecule has 0 bridgehead atoms. The fourth-order valence-corrected chi connectivity index (χ4v) is 3.76. The summed E-state index contributed by atoms with van der Waals surface area (Å²) in [7, 11) is 1.44. The molecule has 0 aromatic heterocycles. The topological polar surface area (TPSA) is 29.5 Å². The fourth-order valence-electron chi connectivity index (χ4n) is 2.45. The molecule has 1 fully saturated rings. The molecule has 0 radical (unpaired) electrons. The maximum Gasteiger partial charge on any atom is 0.165 e. The second-order valence-corrected chi connectivity index (χ2v) is 6.34. The largest absolute Gasteiger partial charge is 0.494 e. The first kappa shape index (κ1) is 14.7. The van der Waals surface area contributed by atoms with Crippen molar-refractivity contribution in [2.45, 2.75) is 43.5 Å². The van der Waals surface area contributed by atoms with Crippen LogP contribution in [0.25, 0.3) is 0 Å². The van der Waals surface area contributed by atoms with E-state index in [1.165, 1.54) is 45.3 Å². The molecule has 0 amide bonds. The van der Waals surface area contributed by atoms with E-state index < -0.39 is 11.9 Å². The molecule has 106 valence electrons. The Morgan fingerprint density at radius 1 is 1.37 bits per heavy atom. The van der Waals surface area contributed by atoms with Crippen LogP contribution in [0.5, 0.6) is 5.75 Å². The molecule has 1 atom stereocenters. The first-order valence-corrected chi connectivity index (χ1v) is 7.88. The molecular weight excluding hydrogens is 263 g/mol. The summed E-state index contributed by atoms with van der Waals surface area (Å²) >= 11 is 1.81. The molecule has 0 saturated heterocycles. The molecule has 1 aromatic carbocycles. The average Bonchev–Trinajstić information content (AvgIpc) is 2.45. The molecule has 0 spiro atoms. The van der Waals surface area contributed by atoms with Crippen molar-refractivity contribution in [2.24, 2.45) is 0 Å². The molecule has 1 aliphatic rings. The van der Waals surface area contributed by atoms with Gasteiger partial charge in [0.15, 0.2) is 11.6 Å². The molecule has 1 aromatic rings. The smallest absolute Gasteiger partial charge is 0.165 e. The van der Waals surface area contributed by atoms with E-state index in [-0.39, 0.29) is 5.75 Å². The number of thioether (sulfide) groups is 1. The molecule has 1 saturated carbocycles. The first-order valence-electron chi connectivity index (χ1n) is 6.84. The number of rotatable bonds is 5. The number of halogens is 1. The third-order valence-electron chi connectivity index (χ3n) is 3.60. The van der Waals surface area contributed by atoms with E-state index in [1.807, 2.05) is 11.8 Å². The molecule has 1 N–H and O–H groups in total. The standard InChI is InChI=1S/C15H21FO2S/c1-18-15-8-7-11(9-13(15)16)14(17)10-19-12-5-3-2-4-6-12/h7-9,12,14,17H,2-6,10H2,1H3. The van der Waals surface area contributed by atoms with Gasteiger partial charge < -0.3 is 9.84 Å². The minimum Gasteiger partial charge on any atom is -0.494 e. The predicted octanol–water partition coefficient (Wildman–Crippen LogP) is 3.93. The van der Waals surface area contributed by atoms with Gasteiger partial charge in [-0.05, 0) is 30.5 Å². The third-order valence-corrected chi connectivity index (χ3v) is 5.05. The van der Waals surface area contributed by atoms with Crippen molar-refractivity contribution in [2.75, 3.05) is 12.9 Å². The highest BCUT2D eigenvalue weighted by molar-refractivity contribution is 7.99. The summed E-state index contributed by atoms with van der Waals surface area (Å²) in [6.45, 7) is 0. The molecule has 1 unspecified atom stereocenters. The van der Waals surface area contributed by atoms with Crippen molar-refractivity contribution in [1.82, 2.24) is 0 Å². The lowest BCUT2D eigenvalue weighted by Crippen LogP contribution is -2.11. The summed E-state index contributed by atoms with van der Waals surface area (Å²) in [6.07, 6.45) is 5.81. The number of aliphatic hydroxyl groups excluding tert-OH is 1. The van der Waals surface area contributed by atoms with Crippen molar-refractivity contribution in [3.63, 3.8) is 0 Å². The Kier molecular flexibility index (Phi) is 5.52. The molecule has 1 aliphatic carbocycles. The van der Waals surface area contributed by atoms with Crippen LogP contribution < -0.4 is 4.74 Å². The van der Waals surface area contributed by atoms with Crippen LogP contribution in [0, 0.1) is 5.82 Å². The van der Waals surface area contributed by atoms with E-state index in [9.17, 15) is 9.50 Å². The van der Waals surface area contributed by atoms with E-state index in [4.69, 9.17) is 4.74 Å². The number of benzene rings is 1. The Labute approximate surface area is 118 Å². The minimum atomic E-state index is -0.604. The normalized spacial score (nSPS) is 18.3. The van der Waals surface area contributed by atoms with Crippen LogP contribution in [0.3, 0.4) is 0 Å². The molecule has 0 heterocycles. The summed E-state index contributed by atoms with van der Waals surface area (Å²) in [5, 5.41) is 10.8. The van der Waals surface area contributed by atoms with E-state index in [1.54, 1.807) is 12.1 Å². The third kappa shape index (κ3) is 4.11. The van der Waals surface area contributed by atoms with Crippen LogP contribution in [0.4, 0.5) is 4.39 Å². The Morgan fingerprint density at radius 3 is 2.74 bits per heavy atom. The van der Waals surface area contributed by atoms with Crippen LogP contribution in [-0.2, 0) is 0 Å². The minimum absolute atomic E-state index is 0.218. The molecule has 0 aliphatic heterocycles. The number of hydrogen-bond donors (Lipinski definition) is 1. The van der Waals surface area contributed by atoms with Gasteiger partial charge in [-0.2, -0.15) is 11.8 Å². The van der Waals surface area contributed by atoms with Gasteiger partial charge in [-0.15, -0.1) is 0 Å². The van der Waals surface area contributed by atoms with E-state index in [2.05, 4.69) is 0 Å². The van der Waals surface area contributed by atoms with E-state index >= 15 is 0 Å². The van der Waals surface area contributed by atoms with Gasteiger partial charge in [0.1, 0.15) is 0 Å². The fraction of sp³-hybridized carbons (Fsp3) is 0.600. The lowest BCUT2D eigenvalue weighted by atomic mass is 10.0. The summed E-state index contributed by atoms with van der Waals surface area (Å²) in [5.41, 5.74) is 0.626. The van der Waals surface area contributed by atoms with Crippen molar-refractivity contribution in [3.05, 3.63) is 29.6 Å². The van der Waals surface area contributed by atoms with Gasteiger partial charge in [0, 0.05) is 11.0 Å². The van der Waals surface area contributed by atoms with Crippen LogP contribution in [0.1, 0.15) is 43.8 Å². The van der Waals surface area contributed by atoms with Crippen LogP contribution in [0.15, 0.2) is 18.2 Å². The monoisotopic (exact) mass is 284 g/mol. The quantitative estimate of drug-likeness (QED) is 0.888. The number of ether oxygens (including phenoxy) is 1. The van der Waals surface area contributed by atoms with E-state index in [0.717, 1.165) is 0 Å². The van der Waals surface area contributed by atoms with E-state index in [0.29, 0.717) is 16.6 Å². The zero-order valence-electron chi connectivity index (χ0n) is 11.3. The highest BCUT2D eigenvalue weighted by atomic mass is 32.2. The van der Waals surface area contributed by atoms with Crippen LogP contribution in [0.2, 0.25) is 0 Å². The second kappa shape index (κ2) is 7.15. The summed E-state index contributed by atoms with van der Waals surface area (Å²) in [4.78, 5) is 0. The highest BCUT2D eigenvalue weighted by Crippen LogP contribution is 2.31. The molecule has 2 rings (SSSR count). The van der Waals surface area contributed by atoms with Gasteiger partial charge in [0.2, 0.25) is 0 Å². The second-order valence-electron chi connectivity index (χ2n) is 5.00. The van der Waals surface area contributed by atoms with Crippen molar-refractivity contribution in [1.29, 1.82) is 0 Å². The molecular formula is C15H21FO2S. The molecule has 19 heavy (non-hydrogen) atoms. The Bertz CT molecular complexity index is 405. The zero-order valence-corrected chi connectivity index (χ0v) is 12.1. The lowest BCUT2D eigenvalue weighted by molar-refractivity contribution is 0.203. The molecule has 4 heteroatoms. The van der Waals surface area contributed by atoms with Crippen LogP contribution in [-0.4, -0.2) is 23.2 Å². The van der Waals surface area contributed by atoms with Crippen molar-refractivity contribution >= 4 is 11.8 Å². The van der Waals surface area contributed by atoms with Gasteiger partial charge in [-0.25, -0.2) is 4.39 Å². The maximum atomic E-state index is 13.6. The molecule has 2 nitrogen and oxygen atoms in total. The number of aliphatic hydroxyl groups is 1. The van der Waals surface area contributed by atoms with Gasteiger partial charge >= 0.3 is 0 Å². The predicted molar refractivity (Wildman–Crippen MR) is 77.2 cm³/mol. The Hall–Kier alpha value is -0.740. The highest BCUT2D eigenvalue weighted by Gasteiger charge is 2.17. The zero-order chi connectivity index (χ0) is 13.7. The maximum absolute atomic E-state index is 13.6. The van der Waals surface area contributed by atoms with Crippen molar-refractivity contribution < 1.29 is 14.2 Å². The lowest BCUT2D eigenvalue weighted by Gasteiger charge is -2.22. The van der Waals surface area contributed by atoms with Gasteiger partial charge in [-0.3, -0.25) is 0 Å². The van der Waals surface area contributed by atoms with Gasteiger partial charge in [-0.1, -0.05) is 25.3 Å². The van der Waals surface area contributed by atoms with Crippen molar-refractivity contribution in [3.8, 4) is 5.75 Å². The SMILES string of the molecule is COc1ccc(C(O)CSC2CCCCC2)cc1F. The Morgan fingerprint density at radius 2 is 2.11 bits per heavy atom. The van der Waals surface area contributed by atoms with Gasteiger partial charge in [0.25, 0.3) is 0 Å². The van der Waals surface area contributed by atoms with Gasteiger partial charge in [0.05, 0.1) is 13.2 Å². The summed E-state index contributed by atoms with van der Waals surface area (Å²) < 4.78 is 18.4. The van der Waals surface area contributed by atoms with Crippen LogP contribution >= 0.6 is 11.8 Å². The first-order chi connectivity index (χ1) is 9.20. The number of hydrogen-bond acceptors (Lipinski definition) is 3.